The normalized spacial score (nSPS) is 10.7. The standard InChI is InChI=1S/C16H19NO3/c1-2-7-19-8-9-20-16(18)14-10-12-5-3-4-6-13(12)11-15(14)17/h3-6,10-11H,2,7-9,17H2,1H3. The van der Waals surface area contributed by atoms with E-state index in [2.05, 4.69) is 0 Å². The van der Waals surface area contributed by atoms with Crippen LogP contribution in [0.4, 0.5) is 5.69 Å². The largest absolute Gasteiger partial charge is 0.460 e. The molecule has 0 aliphatic rings. The van der Waals surface area contributed by atoms with E-state index in [0.29, 0.717) is 24.5 Å². The summed E-state index contributed by atoms with van der Waals surface area (Å²) in [7, 11) is 0. The summed E-state index contributed by atoms with van der Waals surface area (Å²) in [5.41, 5.74) is 6.74. The molecule has 2 aromatic rings. The molecular formula is C16H19NO3. The Bertz CT molecular complexity index is 595. The number of benzene rings is 2. The van der Waals surface area contributed by atoms with Crippen LogP contribution in [0.5, 0.6) is 0 Å². The van der Waals surface area contributed by atoms with Crippen LogP contribution >= 0.6 is 0 Å². The second-order valence-corrected chi connectivity index (χ2v) is 4.53. The molecule has 0 spiro atoms. The van der Waals surface area contributed by atoms with E-state index in [1.54, 1.807) is 12.1 Å². The molecule has 0 bridgehead atoms. The number of ether oxygens (including phenoxy) is 2. The van der Waals surface area contributed by atoms with Gasteiger partial charge in [0, 0.05) is 12.3 Å². The first-order valence-electron chi connectivity index (χ1n) is 6.75. The number of esters is 1. The fourth-order valence-corrected chi connectivity index (χ4v) is 1.95. The zero-order valence-electron chi connectivity index (χ0n) is 11.6. The lowest BCUT2D eigenvalue weighted by Gasteiger charge is -2.09. The number of carbonyl (C=O) groups excluding carboxylic acids is 1. The van der Waals surface area contributed by atoms with Crippen LogP contribution in [0.2, 0.25) is 0 Å². The second kappa shape index (κ2) is 6.91. The van der Waals surface area contributed by atoms with Crippen molar-refractivity contribution in [3.63, 3.8) is 0 Å². The summed E-state index contributed by atoms with van der Waals surface area (Å²) in [4.78, 5) is 12.0. The summed E-state index contributed by atoms with van der Waals surface area (Å²) in [6, 6.07) is 11.3. The van der Waals surface area contributed by atoms with Gasteiger partial charge in [-0.2, -0.15) is 0 Å². The van der Waals surface area contributed by atoms with Crippen molar-refractivity contribution in [2.24, 2.45) is 0 Å². The first-order valence-corrected chi connectivity index (χ1v) is 6.75. The van der Waals surface area contributed by atoms with Crippen LogP contribution in [-0.2, 0) is 9.47 Å². The molecule has 2 rings (SSSR count). The fraction of sp³-hybridized carbons (Fsp3) is 0.312. The van der Waals surface area contributed by atoms with Crippen LogP contribution in [0.25, 0.3) is 10.8 Å². The van der Waals surface area contributed by atoms with Crippen molar-refractivity contribution in [3.8, 4) is 0 Å². The van der Waals surface area contributed by atoms with Crippen molar-refractivity contribution in [2.75, 3.05) is 25.6 Å². The molecule has 0 fully saturated rings. The zero-order valence-corrected chi connectivity index (χ0v) is 11.6. The Morgan fingerprint density at radius 3 is 2.50 bits per heavy atom. The van der Waals surface area contributed by atoms with Gasteiger partial charge in [-0.15, -0.1) is 0 Å². The highest BCUT2D eigenvalue weighted by Crippen LogP contribution is 2.22. The highest BCUT2D eigenvalue weighted by atomic mass is 16.6. The molecule has 106 valence electrons. The summed E-state index contributed by atoms with van der Waals surface area (Å²) < 4.78 is 10.4. The van der Waals surface area contributed by atoms with Crippen molar-refractivity contribution in [1.29, 1.82) is 0 Å². The van der Waals surface area contributed by atoms with Crippen molar-refractivity contribution >= 4 is 22.4 Å². The Morgan fingerprint density at radius 2 is 1.80 bits per heavy atom. The number of anilines is 1. The smallest absolute Gasteiger partial charge is 0.340 e. The number of rotatable bonds is 6. The third kappa shape index (κ3) is 3.48. The van der Waals surface area contributed by atoms with Crippen LogP contribution in [-0.4, -0.2) is 25.8 Å². The molecular weight excluding hydrogens is 254 g/mol. The highest BCUT2D eigenvalue weighted by molar-refractivity contribution is 6.01. The second-order valence-electron chi connectivity index (χ2n) is 4.53. The van der Waals surface area contributed by atoms with Crippen LogP contribution in [0.1, 0.15) is 23.7 Å². The summed E-state index contributed by atoms with van der Waals surface area (Å²) in [5, 5.41) is 1.98. The minimum absolute atomic E-state index is 0.241. The molecule has 0 aromatic heterocycles. The Hall–Kier alpha value is -2.07. The Labute approximate surface area is 118 Å². The Morgan fingerprint density at radius 1 is 1.10 bits per heavy atom. The quantitative estimate of drug-likeness (QED) is 0.499. The molecule has 0 atom stereocenters. The molecule has 20 heavy (non-hydrogen) atoms. The van der Waals surface area contributed by atoms with E-state index in [0.717, 1.165) is 17.2 Å². The van der Waals surface area contributed by atoms with E-state index in [1.807, 2.05) is 31.2 Å². The molecule has 0 radical (unpaired) electrons. The number of hydrogen-bond acceptors (Lipinski definition) is 4. The summed E-state index contributed by atoms with van der Waals surface area (Å²) in [5.74, 6) is -0.409. The monoisotopic (exact) mass is 273 g/mol. The molecule has 0 unspecified atom stereocenters. The summed E-state index contributed by atoms with van der Waals surface area (Å²) in [6.45, 7) is 3.36. The number of hydrogen-bond donors (Lipinski definition) is 1. The van der Waals surface area contributed by atoms with Crippen LogP contribution in [0, 0.1) is 0 Å². The van der Waals surface area contributed by atoms with Gasteiger partial charge in [0.05, 0.1) is 12.2 Å². The van der Waals surface area contributed by atoms with Gasteiger partial charge in [0.1, 0.15) is 6.61 Å². The van der Waals surface area contributed by atoms with Crippen molar-refractivity contribution < 1.29 is 14.3 Å². The number of nitrogens with two attached hydrogens (primary N) is 1. The first kappa shape index (κ1) is 14.3. The molecule has 0 amide bonds. The van der Waals surface area contributed by atoms with Gasteiger partial charge in [-0.1, -0.05) is 31.2 Å². The third-order valence-corrected chi connectivity index (χ3v) is 2.95. The molecule has 0 saturated carbocycles. The van der Waals surface area contributed by atoms with Gasteiger partial charge in [0.25, 0.3) is 0 Å². The predicted octanol–water partition coefficient (Wildman–Crippen LogP) is 3.01. The lowest BCUT2D eigenvalue weighted by atomic mass is 10.1. The molecule has 4 nitrogen and oxygen atoms in total. The number of fused-ring (bicyclic) bond motifs is 1. The zero-order chi connectivity index (χ0) is 14.4. The number of carbonyl (C=O) groups is 1. The van der Waals surface area contributed by atoms with Gasteiger partial charge in [-0.25, -0.2) is 4.79 Å². The molecule has 4 heteroatoms. The summed E-state index contributed by atoms with van der Waals surface area (Å²) in [6.07, 6.45) is 0.950. The maximum absolute atomic E-state index is 12.0. The SMILES string of the molecule is CCCOCCOC(=O)c1cc2ccccc2cc1N. The molecule has 0 aliphatic heterocycles. The molecule has 2 N–H and O–H groups in total. The predicted molar refractivity (Wildman–Crippen MR) is 79.8 cm³/mol. The lowest BCUT2D eigenvalue weighted by molar-refractivity contribution is 0.0320. The van der Waals surface area contributed by atoms with Gasteiger partial charge in [-0.3, -0.25) is 0 Å². The summed E-state index contributed by atoms with van der Waals surface area (Å²) >= 11 is 0. The molecule has 0 saturated heterocycles. The van der Waals surface area contributed by atoms with E-state index in [-0.39, 0.29) is 6.61 Å². The van der Waals surface area contributed by atoms with Crippen LogP contribution in [0.15, 0.2) is 36.4 Å². The van der Waals surface area contributed by atoms with E-state index >= 15 is 0 Å². The van der Waals surface area contributed by atoms with E-state index in [9.17, 15) is 4.79 Å². The maximum atomic E-state index is 12.0. The number of nitrogen functional groups attached to an aromatic ring is 1. The maximum Gasteiger partial charge on any atom is 0.340 e. The topological polar surface area (TPSA) is 61.5 Å². The minimum Gasteiger partial charge on any atom is -0.460 e. The van der Waals surface area contributed by atoms with Crippen molar-refractivity contribution in [1.82, 2.24) is 0 Å². The first-order chi connectivity index (χ1) is 9.72. The van der Waals surface area contributed by atoms with Gasteiger partial charge in [0.15, 0.2) is 0 Å². The van der Waals surface area contributed by atoms with Gasteiger partial charge in [0.2, 0.25) is 0 Å². The van der Waals surface area contributed by atoms with Crippen molar-refractivity contribution in [3.05, 3.63) is 42.0 Å². The Balaban J connectivity index is 2.04. The highest BCUT2D eigenvalue weighted by Gasteiger charge is 2.12. The van der Waals surface area contributed by atoms with Crippen LogP contribution < -0.4 is 5.73 Å². The third-order valence-electron chi connectivity index (χ3n) is 2.95. The van der Waals surface area contributed by atoms with E-state index in [4.69, 9.17) is 15.2 Å². The molecule has 0 heterocycles. The minimum atomic E-state index is -0.409. The van der Waals surface area contributed by atoms with Gasteiger partial charge >= 0.3 is 5.97 Å². The van der Waals surface area contributed by atoms with E-state index in [1.165, 1.54) is 0 Å². The molecule has 0 aliphatic carbocycles. The van der Waals surface area contributed by atoms with Crippen LogP contribution in [0.3, 0.4) is 0 Å². The van der Waals surface area contributed by atoms with Gasteiger partial charge < -0.3 is 15.2 Å². The van der Waals surface area contributed by atoms with Crippen molar-refractivity contribution in [2.45, 2.75) is 13.3 Å². The Kier molecular flexibility index (Phi) is 4.96. The average Bonchev–Trinajstić information content (AvgIpc) is 2.46. The van der Waals surface area contributed by atoms with Gasteiger partial charge in [-0.05, 0) is 29.3 Å². The molecule has 2 aromatic carbocycles. The average molecular weight is 273 g/mol. The van der Waals surface area contributed by atoms with E-state index < -0.39 is 5.97 Å². The fourth-order valence-electron chi connectivity index (χ4n) is 1.95. The lowest BCUT2D eigenvalue weighted by Crippen LogP contribution is -2.12.